The zero-order valence-corrected chi connectivity index (χ0v) is 12.4. The number of carbonyl (C=O) groups excluding carboxylic acids is 1. The third kappa shape index (κ3) is 3.38. The summed E-state index contributed by atoms with van der Waals surface area (Å²) in [5.41, 5.74) is 7.10. The van der Waals surface area contributed by atoms with E-state index in [9.17, 15) is 4.79 Å². The summed E-state index contributed by atoms with van der Waals surface area (Å²) in [4.78, 5) is 12.4. The van der Waals surface area contributed by atoms with Gasteiger partial charge in [0.25, 0.3) is 5.91 Å². The van der Waals surface area contributed by atoms with Crippen molar-refractivity contribution >= 4 is 28.9 Å². The first kappa shape index (κ1) is 15.0. The van der Waals surface area contributed by atoms with Gasteiger partial charge in [0.2, 0.25) is 0 Å². The SMILES string of the molecule is COc1ccc(N)cc1NC(=O)c1ccc(Cl)cc1OC. The van der Waals surface area contributed by atoms with Crippen molar-refractivity contribution < 1.29 is 14.3 Å². The van der Waals surface area contributed by atoms with Gasteiger partial charge in [0, 0.05) is 10.7 Å². The number of anilines is 2. The number of nitrogens with two attached hydrogens (primary N) is 1. The van der Waals surface area contributed by atoms with E-state index in [2.05, 4.69) is 5.32 Å². The van der Waals surface area contributed by atoms with Crippen LogP contribution in [0.1, 0.15) is 10.4 Å². The van der Waals surface area contributed by atoms with Gasteiger partial charge in [-0.1, -0.05) is 11.6 Å². The standard InChI is InChI=1S/C15H15ClN2O3/c1-20-13-6-4-10(17)8-12(13)18-15(19)11-5-3-9(16)7-14(11)21-2/h3-8H,17H2,1-2H3,(H,18,19). The highest BCUT2D eigenvalue weighted by atomic mass is 35.5. The van der Waals surface area contributed by atoms with Gasteiger partial charge < -0.3 is 20.5 Å². The normalized spacial score (nSPS) is 10.0. The molecule has 0 saturated heterocycles. The lowest BCUT2D eigenvalue weighted by molar-refractivity contribution is 0.102. The highest BCUT2D eigenvalue weighted by Gasteiger charge is 2.15. The number of nitrogen functional groups attached to an aromatic ring is 1. The van der Waals surface area contributed by atoms with Gasteiger partial charge in [-0.05, 0) is 36.4 Å². The summed E-state index contributed by atoms with van der Waals surface area (Å²) in [5.74, 6) is 0.570. The van der Waals surface area contributed by atoms with Crippen molar-refractivity contribution in [2.24, 2.45) is 0 Å². The fraction of sp³-hybridized carbons (Fsp3) is 0.133. The summed E-state index contributed by atoms with van der Waals surface area (Å²) in [6.45, 7) is 0. The third-order valence-corrected chi connectivity index (χ3v) is 3.12. The third-order valence-electron chi connectivity index (χ3n) is 2.88. The molecule has 0 unspecified atom stereocenters. The lowest BCUT2D eigenvalue weighted by atomic mass is 10.1. The summed E-state index contributed by atoms with van der Waals surface area (Å²) in [6.07, 6.45) is 0. The molecule has 5 nitrogen and oxygen atoms in total. The summed E-state index contributed by atoms with van der Waals surface area (Å²) in [5, 5.41) is 3.24. The van der Waals surface area contributed by atoms with E-state index in [0.717, 1.165) is 0 Å². The van der Waals surface area contributed by atoms with E-state index >= 15 is 0 Å². The summed E-state index contributed by atoms with van der Waals surface area (Å²) >= 11 is 5.88. The van der Waals surface area contributed by atoms with Crippen LogP contribution in [0.2, 0.25) is 5.02 Å². The molecular formula is C15H15ClN2O3. The van der Waals surface area contributed by atoms with Crippen LogP contribution in [0, 0.1) is 0 Å². The quantitative estimate of drug-likeness (QED) is 0.851. The molecule has 0 aromatic heterocycles. The Hall–Kier alpha value is -2.40. The van der Waals surface area contributed by atoms with Crippen LogP contribution in [-0.4, -0.2) is 20.1 Å². The van der Waals surface area contributed by atoms with Crippen LogP contribution in [-0.2, 0) is 0 Å². The molecule has 3 N–H and O–H groups in total. The van der Waals surface area contributed by atoms with Crippen molar-refractivity contribution in [3.05, 3.63) is 47.0 Å². The Morgan fingerprint density at radius 3 is 2.48 bits per heavy atom. The molecule has 1 amide bonds. The highest BCUT2D eigenvalue weighted by molar-refractivity contribution is 6.31. The molecule has 0 heterocycles. The number of benzene rings is 2. The lowest BCUT2D eigenvalue weighted by Gasteiger charge is -2.12. The molecule has 21 heavy (non-hydrogen) atoms. The first-order valence-corrected chi connectivity index (χ1v) is 6.51. The van der Waals surface area contributed by atoms with Gasteiger partial charge in [0.05, 0.1) is 25.5 Å². The van der Waals surface area contributed by atoms with Crippen molar-refractivity contribution in [3.8, 4) is 11.5 Å². The smallest absolute Gasteiger partial charge is 0.259 e. The van der Waals surface area contributed by atoms with Crippen LogP contribution in [0.25, 0.3) is 0 Å². The largest absolute Gasteiger partial charge is 0.496 e. The number of ether oxygens (including phenoxy) is 2. The molecule has 6 heteroatoms. The predicted molar refractivity (Wildman–Crippen MR) is 83.4 cm³/mol. The molecule has 0 atom stereocenters. The molecule has 2 aromatic carbocycles. The van der Waals surface area contributed by atoms with Gasteiger partial charge >= 0.3 is 0 Å². The van der Waals surface area contributed by atoms with Crippen LogP contribution in [0.5, 0.6) is 11.5 Å². The Labute approximate surface area is 127 Å². The van der Waals surface area contributed by atoms with E-state index in [1.54, 1.807) is 36.4 Å². The monoisotopic (exact) mass is 306 g/mol. The average Bonchev–Trinajstić information content (AvgIpc) is 2.47. The lowest BCUT2D eigenvalue weighted by Crippen LogP contribution is -2.14. The Bertz CT molecular complexity index is 674. The molecule has 2 rings (SSSR count). The van der Waals surface area contributed by atoms with E-state index in [0.29, 0.717) is 33.5 Å². The van der Waals surface area contributed by atoms with Gasteiger partial charge in [-0.15, -0.1) is 0 Å². The summed E-state index contributed by atoms with van der Waals surface area (Å²) in [7, 11) is 2.99. The van der Waals surface area contributed by atoms with E-state index in [-0.39, 0.29) is 5.91 Å². The maximum Gasteiger partial charge on any atom is 0.259 e. The molecule has 0 fully saturated rings. The van der Waals surface area contributed by atoms with Crippen LogP contribution in [0.15, 0.2) is 36.4 Å². The zero-order chi connectivity index (χ0) is 15.4. The molecule has 0 saturated carbocycles. The topological polar surface area (TPSA) is 73.6 Å². The average molecular weight is 307 g/mol. The van der Waals surface area contributed by atoms with E-state index in [4.69, 9.17) is 26.8 Å². The van der Waals surface area contributed by atoms with Crippen molar-refractivity contribution in [2.75, 3.05) is 25.3 Å². The van der Waals surface area contributed by atoms with Gasteiger partial charge in [-0.25, -0.2) is 0 Å². The second-order valence-corrected chi connectivity index (χ2v) is 4.69. The van der Waals surface area contributed by atoms with Gasteiger partial charge in [-0.3, -0.25) is 4.79 Å². The minimum atomic E-state index is -0.340. The summed E-state index contributed by atoms with van der Waals surface area (Å²) in [6, 6.07) is 9.79. The van der Waals surface area contributed by atoms with E-state index in [1.165, 1.54) is 14.2 Å². The fourth-order valence-electron chi connectivity index (χ4n) is 1.87. The van der Waals surface area contributed by atoms with Gasteiger partial charge in [0.15, 0.2) is 0 Å². The maximum atomic E-state index is 12.4. The minimum absolute atomic E-state index is 0.340. The zero-order valence-electron chi connectivity index (χ0n) is 11.6. The van der Waals surface area contributed by atoms with Gasteiger partial charge in [-0.2, -0.15) is 0 Å². The predicted octanol–water partition coefficient (Wildman–Crippen LogP) is 3.19. The molecule has 0 aliphatic carbocycles. The molecular weight excluding hydrogens is 292 g/mol. The van der Waals surface area contributed by atoms with E-state index in [1.807, 2.05) is 0 Å². The maximum absolute atomic E-state index is 12.4. The van der Waals surface area contributed by atoms with E-state index < -0.39 is 0 Å². The molecule has 0 radical (unpaired) electrons. The first-order chi connectivity index (χ1) is 10.0. The van der Waals surface area contributed by atoms with Crippen molar-refractivity contribution in [1.29, 1.82) is 0 Å². The number of rotatable bonds is 4. The number of amides is 1. The molecule has 0 bridgehead atoms. The second kappa shape index (κ2) is 6.37. The fourth-order valence-corrected chi connectivity index (χ4v) is 2.03. The Kier molecular flexibility index (Phi) is 4.55. The van der Waals surface area contributed by atoms with Crippen molar-refractivity contribution in [3.63, 3.8) is 0 Å². The minimum Gasteiger partial charge on any atom is -0.496 e. The second-order valence-electron chi connectivity index (χ2n) is 4.26. The van der Waals surface area contributed by atoms with Gasteiger partial charge in [0.1, 0.15) is 11.5 Å². The number of hydrogen-bond donors (Lipinski definition) is 2. The van der Waals surface area contributed by atoms with Crippen molar-refractivity contribution in [1.82, 2.24) is 0 Å². The number of carbonyl (C=O) groups is 1. The molecule has 2 aromatic rings. The number of hydrogen-bond acceptors (Lipinski definition) is 4. The van der Waals surface area contributed by atoms with Crippen LogP contribution in [0.3, 0.4) is 0 Å². The number of halogens is 1. The van der Waals surface area contributed by atoms with Crippen molar-refractivity contribution in [2.45, 2.75) is 0 Å². The molecule has 0 aliphatic heterocycles. The Balaban J connectivity index is 2.32. The Morgan fingerprint density at radius 1 is 1.10 bits per heavy atom. The van der Waals surface area contributed by atoms with Crippen LogP contribution >= 0.6 is 11.6 Å². The molecule has 110 valence electrons. The molecule has 0 aliphatic rings. The van der Waals surface area contributed by atoms with Crippen LogP contribution in [0.4, 0.5) is 11.4 Å². The number of methoxy groups -OCH3 is 2. The van der Waals surface area contributed by atoms with Crippen LogP contribution < -0.4 is 20.5 Å². The number of nitrogens with one attached hydrogen (secondary N) is 1. The highest BCUT2D eigenvalue weighted by Crippen LogP contribution is 2.29. The first-order valence-electron chi connectivity index (χ1n) is 6.13. The Morgan fingerprint density at radius 2 is 1.81 bits per heavy atom. The summed E-state index contributed by atoms with van der Waals surface area (Å²) < 4.78 is 10.4. The molecule has 0 spiro atoms.